The Kier molecular flexibility index (Phi) is 5.48. The molecule has 2 aromatic carbocycles. The maximum atomic E-state index is 12.4. The molecule has 1 amide bonds. The lowest BCUT2D eigenvalue weighted by molar-refractivity contribution is -0.0504. The Morgan fingerprint density at radius 1 is 1.19 bits per heavy atom. The summed E-state index contributed by atoms with van der Waals surface area (Å²) in [5.74, 6) is -0.398. The van der Waals surface area contributed by atoms with Crippen LogP contribution in [0, 0.1) is 0 Å². The van der Waals surface area contributed by atoms with Crippen molar-refractivity contribution in [2.45, 2.75) is 13.2 Å². The van der Waals surface area contributed by atoms with Gasteiger partial charge in [-0.2, -0.15) is 13.9 Å². The van der Waals surface area contributed by atoms with Crippen LogP contribution in [0.3, 0.4) is 0 Å². The van der Waals surface area contributed by atoms with Crippen molar-refractivity contribution < 1.29 is 18.3 Å². The Balaban J connectivity index is 1.68. The second-order valence-electron chi connectivity index (χ2n) is 5.35. The molecule has 5 nitrogen and oxygen atoms in total. The number of nitrogens with zero attached hydrogens (tertiary/aromatic N) is 1. The van der Waals surface area contributed by atoms with Crippen LogP contribution in [0.15, 0.2) is 54.6 Å². The number of amides is 1. The van der Waals surface area contributed by atoms with E-state index in [2.05, 4.69) is 20.3 Å². The van der Waals surface area contributed by atoms with Crippen LogP contribution in [0.25, 0.3) is 11.3 Å². The molecule has 3 aromatic rings. The second-order valence-corrected chi connectivity index (χ2v) is 5.78. The number of ether oxygens (including phenoxy) is 1. The van der Waals surface area contributed by atoms with Crippen LogP contribution in [0.5, 0.6) is 5.75 Å². The van der Waals surface area contributed by atoms with Gasteiger partial charge < -0.3 is 10.1 Å². The Bertz CT molecular complexity index is 915. The number of halogens is 3. The molecule has 0 fully saturated rings. The van der Waals surface area contributed by atoms with Crippen LogP contribution in [0.2, 0.25) is 5.02 Å². The summed E-state index contributed by atoms with van der Waals surface area (Å²) in [7, 11) is 0. The van der Waals surface area contributed by atoms with E-state index in [9.17, 15) is 13.6 Å². The molecule has 0 bridgehead atoms. The van der Waals surface area contributed by atoms with E-state index in [1.807, 2.05) is 6.07 Å². The van der Waals surface area contributed by atoms with Gasteiger partial charge in [-0.1, -0.05) is 41.9 Å². The number of aromatic amines is 1. The number of benzene rings is 2. The van der Waals surface area contributed by atoms with Gasteiger partial charge in [-0.25, -0.2) is 0 Å². The van der Waals surface area contributed by atoms with Crippen LogP contribution < -0.4 is 10.1 Å². The minimum Gasteiger partial charge on any atom is -0.434 e. The number of para-hydroxylation sites is 1. The quantitative estimate of drug-likeness (QED) is 0.674. The summed E-state index contributed by atoms with van der Waals surface area (Å²) in [5, 5.41) is 9.95. The van der Waals surface area contributed by atoms with E-state index < -0.39 is 12.5 Å². The zero-order valence-corrected chi connectivity index (χ0v) is 14.1. The van der Waals surface area contributed by atoms with E-state index in [1.54, 1.807) is 42.5 Å². The molecule has 26 heavy (non-hydrogen) atoms. The number of hydrogen-bond acceptors (Lipinski definition) is 3. The maximum Gasteiger partial charge on any atom is 0.387 e. The van der Waals surface area contributed by atoms with Gasteiger partial charge in [0.05, 0.1) is 5.69 Å². The van der Waals surface area contributed by atoms with Gasteiger partial charge in [0.25, 0.3) is 5.91 Å². The first kappa shape index (κ1) is 17.9. The van der Waals surface area contributed by atoms with E-state index in [-0.39, 0.29) is 18.0 Å². The SMILES string of the molecule is O=C(NCc1ccccc1OC(F)F)c1cc(-c2cccc(Cl)c2)n[nH]1. The summed E-state index contributed by atoms with van der Waals surface area (Å²) in [5.41, 5.74) is 2.02. The number of hydrogen-bond donors (Lipinski definition) is 2. The minimum absolute atomic E-state index is 0.0204. The van der Waals surface area contributed by atoms with Crippen molar-refractivity contribution in [3.8, 4) is 17.0 Å². The molecule has 0 saturated heterocycles. The number of aromatic nitrogens is 2. The first-order valence-electron chi connectivity index (χ1n) is 7.65. The van der Waals surface area contributed by atoms with Gasteiger partial charge in [-0.3, -0.25) is 9.89 Å². The van der Waals surface area contributed by atoms with E-state index in [1.165, 1.54) is 6.07 Å². The third-order valence-corrected chi connectivity index (χ3v) is 3.81. The van der Waals surface area contributed by atoms with Gasteiger partial charge in [-0.05, 0) is 24.3 Å². The molecule has 134 valence electrons. The molecular weight excluding hydrogens is 364 g/mol. The van der Waals surface area contributed by atoms with Crippen molar-refractivity contribution in [1.82, 2.24) is 15.5 Å². The summed E-state index contributed by atoms with van der Waals surface area (Å²) in [6, 6.07) is 14.9. The summed E-state index contributed by atoms with van der Waals surface area (Å²) < 4.78 is 29.3. The van der Waals surface area contributed by atoms with Gasteiger partial charge in [0.1, 0.15) is 11.4 Å². The number of carbonyl (C=O) groups is 1. The van der Waals surface area contributed by atoms with Crippen molar-refractivity contribution in [1.29, 1.82) is 0 Å². The van der Waals surface area contributed by atoms with Crippen molar-refractivity contribution >= 4 is 17.5 Å². The molecule has 8 heteroatoms. The first-order chi connectivity index (χ1) is 12.5. The Hall–Kier alpha value is -2.93. The Labute approximate surface area is 152 Å². The highest BCUT2D eigenvalue weighted by molar-refractivity contribution is 6.30. The number of carbonyl (C=O) groups excluding carboxylic acids is 1. The molecule has 0 saturated carbocycles. The maximum absolute atomic E-state index is 12.4. The Morgan fingerprint density at radius 3 is 2.77 bits per heavy atom. The molecular formula is C18H14ClF2N3O2. The molecule has 1 heterocycles. The third-order valence-electron chi connectivity index (χ3n) is 3.57. The van der Waals surface area contributed by atoms with Crippen molar-refractivity contribution in [2.75, 3.05) is 0 Å². The van der Waals surface area contributed by atoms with Crippen molar-refractivity contribution in [3.05, 3.63) is 70.9 Å². The topological polar surface area (TPSA) is 67.0 Å². The number of nitrogens with one attached hydrogen (secondary N) is 2. The fraction of sp³-hybridized carbons (Fsp3) is 0.111. The molecule has 0 aliphatic heterocycles. The molecule has 0 aliphatic rings. The summed E-state index contributed by atoms with van der Waals surface area (Å²) in [4.78, 5) is 12.3. The molecule has 0 atom stereocenters. The third kappa shape index (κ3) is 4.37. The molecule has 0 unspecified atom stereocenters. The highest BCUT2D eigenvalue weighted by Gasteiger charge is 2.13. The highest BCUT2D eigenvalue weighted by atomic mass is 35.5. The van der Waals surface area contributed by atoms with Crippen LogP contribution in [0.4, 0.5) is 8.78 Å². The lowest BCUT2D eigenvalue weighted by atomic mass is 10.1. The number of rotatable bonds is 6. The van der Waals surface area contributed by atoms with Crippen LogP contribution >= 0.6 is 11.6 Å². The molecule has 0 radical (unpaired) electrons. The average molecular weight is 378 g/mol. The fourth-order valence-electron chi connectivity index (χ4n) is 2.37. The predicted molar refractivity (Wildman–Crippen MR) is 93.3 cm³/mol. The van der Waals surface area contributed by atoms with Crippen molar-refractivity contribution in [2.24, 2.45) is 0 Å². The second kappa shape index (κ2) is 7.97. The monoisotopic (exact) mass is 377 g/mol. The number of alkyl halides is 2. The zero-order valence-electron chi connectivity index (χ0n) is 13.4. The summed E-state index contributed by atoms with van der Waals surface area (Å²) in [6.45, 7) is -2.90. The smallest absolute Gasteiger partial charge is 0.387 e. The average Bonchev–Trinajstić information content (AvgIpc) is 3.10. The highest BCUT2D eigenvalue weighted by Crippen LogP contribution is 2.22. The standard InChI is InChI=1S/C18H14ClF2N3O2/c19-13-6-3-5-11(8-13)14-9-15(24-23-14)17(25)22-10-12-4-1-2-7-16(12)26-18(20)21/h1-9,18H,10H2,(H,22,25)(H,23,24). The largest absolute Gasteiger partial charge is 0.434 e. The minimum atomic E-state index is -2.93. The summed E-state index contributed by atoms with van der Waals surface area (Å²) in [6.07, 6.45) is 0. The fourth-order valence-corrected chi connectivity index (χ4v) is 2.56. The lowest BCUT2D eigenvalue weighted by Gasteiger charge is -2.10. The van der Waals surface area contributed by atoms with Gasteiger partial charge in [0.2, 0.25) is 0 Å². The molecule has 0 spiro atoms. The van der Waals surface area contributed by atoms with E-state index in [0.29, 0.717) is 16.3 Å². The molecule has 3 rings (SSSR count). The van der Waals surface area contributed by atoms with Crippen molar-refractivity contribution in [3.63, 3.8) is 0 Å². The Morgan fingerprint density at radius 2 is 2.00 bits per heavy atom. The van der Waals surface area contributed by atoms with Crippen LogP contribution in [-0.4, -0.2) is 22.7 Å². The molecule has 1 aromatic heterocycles. The van der Waals surface area contributed by atoms with Gasteiger partial charge in [0.15, 0.2) is 0 Å². The summed E-state index contributed by atoms with van der Waals surface area (Å²) >= 11 is 5.95. The van der Waals surface area contributed by atoms with Gasteiger partial charge in [-0.15, -0.1) is 0 Å². The first-order valence-corrected chi connectivity index (χ1v) is 8.03. The van der Waals surface area contributed by atoms with E-state index in [0.717, 1.165) is 5.56 Å². The normalized spacial score (nSPS) is 10.8. The number of H-pyrrole nitrogens is 1. The van der Waals surface area contributed by atoms with E-state index in [4.69, 9.17) is 11.6 Å². The predicted octanol–water partition coefficient (Wildman–Crippen LogP) is 4.26. The van der Waals surface area contributed by atoms with E-state index >= 15 is 0 Å². The van der Waals surface area contributed by atoms with Gasteiger partial charge in [0, 0.05) is 22.7 Å². The zero-order chi connectivity index (χ0) is 18.5. The lowest BCUT2D eigenvalue weighted by Crippen LogP contribution is -2.23. The van der Waals surface area contributed by atoms with Gasteiger partial charge >= 0.3 is 6.61 Å². The van der Waals surface area contributed by atoms with Crippen LogP contribution in [0.1, 0.15) is 16.1 Å². The molecule has 2 N–H and O–H groups in total. The van der Waals surface area contributed by atoms with Crippen LogP contribution in [-0.2, 0) is 6.54 Å². The molecule has 0 aliphatic carbocycles.